The van der Waals surface area contributed by atoms with Gasteiger partial charge in [-0.05, 0) is 54.2 Å². The van der Waals surface area contributed by atoms with Crippen molar-refractivity contribution in [1.82, 2.24) is 0 Å². The lowest BCUT2D eigenvalue weighted by Crippen LogP contribution is -1.97. The Balaban J connectivity index is 1.85. The highest BCUT2D eigenvalue weighted by Crippen LogP contribution is 2.23. The maximum atomic E-state index is 12.0. The molecule has 26 heavy (non-hydrogen) atoms. The van der Waals surface area contributed by atoms with Gasteiger partial charge in [0.2, 0.25) is 0 Å². The highest BCUT2D eigenvalue weighted by molar-refractivity contribution is 5.87. The summed E-state index contributed by atoms with van der Waals surface area (Å²) in [6, 6.07) is 15.9. The van der Waals surface area contributed by atoms with Crippen molar-refractivity contribution in [1.29, 1.82) is 0 Å². The standard InChI is InChI=1S/C22H25FO3/c1-25-22(24)15-8-18-6-9-19(10-7-18)20-11-13-21(14-12-20)26-17-5-3-2-4-16-23/h6-15H,2-5,16-17H2,1H3/b15-8+. The molecule has 0 unspecified atom stereocenters. The molecule has 2 aromatic carbocycles. The summed E-state index contributed by atoms with van der Waals surface area (Å²) in [6.07, 6.45) is 6.63. The van der Waals surface area contributed by atoms with E-state index in [0.717, 1.165) is 41.7 Å². The third-order valence-electron chi connectivity index (χ3n) is 4.01. The van der Waals surface area contributed by atoms with Crippen molar-refractivity contribution in [3.8, 4) is 16.9 Å². The third-order valence-corrected chi connectivity index (χ3v) is 4.01. The number of hydrogen-bond acceptors (Lipinski definition) is 3. The van der Waals surface area contributed by atoms with Crippen LogP contribution in [0.4, 0.5) is 4.39 Å². The number of ether oxygens (including phenoxy) is 2. The molecule has 0 atom stereocenters. The van der Waals surface area contributed by atoms with Crippen molar-refractivity contribution in [3.63, 3.8) is 0 Å². The van der Waals surface area contributed by atoms with Crippen LogP contribution in [-0.4, -0.2) is 26.4 Å². The van der Waals surface area contributed by atoms with Crippen LogP contribution >= 0.6 is 0 Å². The van der Waals surface area contributed by atoms with Gasteiger partial charge in [-0.1, -0.05) is 42.8 Å². The molecule has 0 heterocycles. The molecule has 2 rings (SSSR count). The number of esters is 1. The zero-order chi connectivity index (χ0) is 18.6. The fourth-order valence-electron chi connectivity index (χ4n) is 2.50. The molecule has 0 bridgehead atoms. The molecule has 138 valence electrons. The minimum Gasteiger partial charge on any atom is -0.494 e. The van der Waals surface area contributed by atoms with E-state index in [9.17, 15) is 9.18 Å². The number of hydrogen-bond donors (Lipinski definition) is 0. The first-order chi connectivity index (χ1) is 12.7. The lowest BCUT2D eigenvalue weighted by Gasteiger charge is -2.07. The number of carbonyl (C=O) groups excluding carboxylic acids is 1. The average Bonchev–Trinajstić information content (AvgIpc) is 2.69. The van der Waals surface area contributed by atoms with Crippen LogP contribution < -0.4 is 4.74 Å². The molecule has 0 amide bonds. The molecule has 0 saturated carbocycles. The van der Waals surface area contributed by atoms with Gasteiger partial charge >= 0.3 is 5.97 Å². The van der Waals surface area contributed by atoms with E-state index < -0.39 is 0 Å². The van der Waals surface area contributed by atoms with Crippen molar-refractivity contribution in [2.24, 2.45) is 0 Å². The molecule has 0 spiro atoms. The van der Waals surface area contributed by atoms with Crippen molar-refractivity contribution in [3.05, 3.63) is 60.2 Å². The van der Waals surface area contributed by atoms with Gasteiger partial charge in [0.05, 0.1) is 20.4 Å². The Morgan fingerprint density at radius 3 is 2.15 bits per heavy atom. The first-order valence-electron chi connectivity index (χ1n) is 8.88. The lowest BCUT2D eigenvalue weighted by molar-refractivity contribution is -0.134. The molecule has 0 aliphatic rings. The number of unbranched alkanes of at least 4 members (excludes halogenated alkanes) is 3. The van der Waals surface area contributed by atoms with E-state index in [1.165, 1.54) is 13.2 Å². The fourth-order valence-corrected chi connectivity index (χ4v) is 2.50. The molecular formula is C22H25FO3. The van der Waals surface area contributed by atoms with Crippen LogP contribution in [0.25, 0.3) is 17.2 Å². The molecule has 0 saturated heterocycles. The summed E-state index contributed by atoms with van der Waals surface area (Å²) < 4.78 is 22.3. The minimum absolute atomic E-state index is 0.231. The summed E-state index contributed by atoms with van der Waals surface area (Å²) in [4.78, 5) is 11.1. The van der Waals surface area contributed by atoms with Gasteiger partial charge in [0.15, 0.2) is 0 Å². The van der Waals surface area contributed by atoms with Gasteiger partial charge in [-0.3, -0.25) is 4.39 Å². The molecule has 0 N–H and O–H groups in total. The van der Waals surface area contributed by atoms with E-state index >= 15 is 0 Å². The molecule has 0 aliphatic heterocycles. The highest BCUT2D eigenvalue weighted by atomic mass is 19.1. The number of rotatable bonds is 10. The van der Waals surface area contributed by atoms with Crippen molar-refractivity contribution in [2.75, 3.05) is 20.4 Å². The second-order valence-corrected chi connectivity index (χ2v) is 5.95. The second-order valence-electron chi connectivity index (χ2n) is 5.95. The number of carbonyl (C=O) groups is 1. The summed E-state index contributed by atoms with van der Waals surface area (Å²) in [5.74, 6) is 0.476. The number of halogens is 1. The molecule has 0 aromatic heterocycles. The van der Waals surface area contributed by atoms with Crippen LogP contribution in [0.2, 0.25) is 0 Å². The number of alkyl halides is 1. The maximum Gasteiger partial charge on any atom is 0.330 e. The predicted molar refractivity (Wildman–Crippen MR) is 103 cm³/mol. The summed E-state index contributed by atoms with van der Waals surface area (Å²) in [6.45, 7) is 0.428. The van der Waals surface area contributed by atoms with Gasteiger partial charge in [0, 0.05) is 6.08 Å². The van der Waals surface area contributed by atoms with E-state index in [1.807, 2.05) is 48.5 Å². The van der Waals surface area contributed by atoms with E-state index in [0.29, 0.717) is 13.0 Å². The largest absolute Gasteiger partial charge is 0.494 e. The number of benzene rings is 2. The zero-order valence-electron chi connectivity index (χ0n) is 15.1. The summed E-state index contributed by atoms with van der Waals surface area (Å²) >= 11 is 0. The van der Waals surface area contributed by atoms with Gasteiger partial charge < -0.3 is 9.47 Å². The minimum atomic E-state index is -0.368. The van der Waals surface area contributed by atoms with Gasteiger partial charge in [-0.2, -0.15) is 0 Å². The van der Waals surface area contributed by atoms with Crippen LogP contribution in [0.1, 0.15) is 31.2 Å². The van der Waals surface area contributed by atoms with Crippen molar-refractivity contribution >= 4 is 12.0 Å². The van der Waals surface area contributed by atoms with E-state index in [1.54, 1.807) is 6.08 Å². The smallest absolute Gasteiger partial charge is 0.330 e. The molecule has 0 aliphatic carbocycles. The maximum absolute atomic E-state index is 12.0. The fraction of sp³-hybridized carbons (Fsp3) is 0.318. The van der Waals surface area contributed by atoms with Gasteiger partial charge in [0.1, 0.15) is 5.75 Å². The molecule has 0 radical (unpaired) electrons. The Morgan fingerprint density at radius 2 is 1.54 bits per heavy atom. The molecule has 0 fully saturated rings. The zero-order valence-corrected chi connectivity index (χ0v) is 15.1. The Kier molecular flexibility index (Phi) is 8.40. The van der Waals surface area contributed by atoms with Crippen molar-refractivity contribution < 1.29 is 18.7 Å². The second kappa shape index (κ2) is 11.1. The summed E-state index contributed by atoms with van der Waals surface area (Å²) in [5.41, 5.74) is 3.13. The molecule has 3 nitrogen and oxygen atoms in total. The monoisotopic (exact) mass is 356 g/mol. The normalized spacial score (nSPS) is 10.8. The van der Waals surface area contributed by atoms with Crippen LogP contribution in [-0.2, 0) is 9.53 Å². The van der Waals surface area contributed by atoms with Crippen LogP contribution in [0, 0.1) is 0 Å². The Hall–Kier alpha value is -2.62. The Labute approximate surface area is 154 Å². The van der Waals surface area contributed by atoms with E-state index in [2.05, 4.69) is 4.74 Å². The first-order valence-corrected chi connectivity index (χ1v) is 8.88. The van der Waals surface area contributed by atoms with E-state index in [-0.39, 0.29) is 12.6 Å². The highest BCUT2D eigenvalue weighted by Gasteiger charge is 2.00. The third kappa shape index (κ3) is 6.71. The van der Waals surface area contributed by atoms with Crippen molar-refractivity contribution in [2.45, 2.75) is 25.7 Å². The predicted octanol–water partition coefficient (Wildman–Crippen LogP) is 5.45. The topological polar surface area (TPSA) is 35.5 Å². The number of methoxy groups -OCH3 is 1. The van der Waals surface area contributed by atoms with E-state index in [4.69, 9.17) is 4.74 Å². The van der Waals surface area contributed by atoms with Gasteiger partial charge in [-0.15, -0.1) is 0 Å². The van der Waals surface area contributed by atoms with Crippen LogP contribution in [0.5, 0.6) is 5.75 Å². The molecular weight excluding hydrogens is 331 g/mol. The Morgan fingerprint density at radius 1 is 0.923 bits per heavy atom. The SMILES string of the molecule is COC(=O)/C=C/c1ccc(-c2ccc(OCCCCCCF)cc2)cc1. The molecule has 2 aromatic rings. The van der Waals surface area contributed by atoms with Crippen LogP contribution in [0.15, 0.2) is 54.6 Å². The summed E-state index contributed by atoms with van der Waals surface area (Å²) in [5, 5.41) is 0. The quantitative estimate of drug-likeness (QED) is 0.323. The van der Waals surface area contributed by atoms with Gasteiger partial charge in [0.25, 0.3) is 0 Å². The van der Waals surface area contributed by atoms with Crippen LogP contribution in [0.3, 0.4) is 0 Å². The Bertz CT molecular complexity index is 690. The lowest BCUT2D eigenvalue weighted by atomic mass is 10.0. The first kappa shape index (κ1) is 19.7. The molecule has 4 heteroatoms. The summed E-state index contributed by atoms with van der Waals surface area (Å²) in [7, 11) is 1.36. The average molecular weight is 356 g/mol. The van der Waals surface area contributed by atoms with Gasteiger partial charge in [-0.25, -0.2) is 4.79 Å².